The third-order valence-corrected chi connectivity index (χ3v) is 3.79. The molecule has 0 spiro atoms. The van der Waals surface area contributed by atoms with Gasteiger partial charge in [0.25, 0.3) is 0 Å². The molecule has 3 rings (SSSR count). The lowest BCUT2D eigenvalue weighted by molar-refractivity contribution is 0.0987. The Morgan fingerprint density at radius 2 is 1.95 bits per heavy atom. The molecular weight excluding hydrogens is 342 g/mol. The number of ketones is 1. The van der Waals surface area contributed by atoms with Crippen LogP contribution in [-0.2, 0) is 12.8 Å². The molecule has 0 saturated heterocycles. The zero-order chi connectivity index (χ0) is 15.5. The fourth-order valence-electron chi connectivity index (χ4n) is 2.21. The molecule has 0 aliphatic heterocycles. The summed E-state index contributed by atoms with van der Waals surface area (Å²) >= 11 is 3.38. The predicted octanol–water partition coefficient (Wildman–Crippen LogP) is 3.78. The number of rotatable bonds is 4. The van der Waals surface area contributed by atoms with Crippen LogP contribution in [0.15, 0.2) is 47.1 Å². The Morgan fingerprint density at radius 3 is 2.77 bits per heavy atom. The van der Waals surface area contributed by atoms with Gasteiger partial charge in [-0.25, -0.2) is 4.98 Å². The number of halogens is 1. The molecule has 110 valence electrons. The van der Waals surface area contributed by atoms with Crippen molar-refractivity contribution in [3.8, 4) is 0 Å². The van der Waals surface area contributed by atoms with Crippen molar-refractivity contribution in [2.75, 3.05) is 0 Å². The zero-order valence-corrected chi connectivity index (χ0v) is 13.7. The molecule has 0 aliphatic carbocycles. The van der Waals surface area contributed by atoms with Crippen molar-refractivity contribution in [3.63, 3.8) is 0 Å². The molecule has 0 radical (unpaired) electrons. The lowest BCUT2D eigenvalue weighted by Crippen LogP contribution is -2.08. The quantitative estimate of drug-likeness (QED) is 0.668. The van der Waals surface area contributed by atoms with Crippen LogP contribution < -0.4 is 0 Å². The van der Waals surface area contributed by atoms with E-state index in [1.807, 2.05) is 37.3 Å². The average molecular weight is 356 g/mol. The van der Waals surface area contributed by atoms with Crippen molar-refractivity contribution in [3.05, 3.63) is 64.1 Å². The first-order valence-corrected chi connectivity index (χ1v) is 7.85. The zero-order valence-electron chi connectivity index (χ0n) is 12.1. The molecule has 0 aromatic carbocycles. The van der Waals surface area contributed by atoms with Crippen LogP contribution in [0.3, 0.4) is 0 Å². The van der Waals surface area contributed by atoms with Crippen molar-refractivity contribution in [2.45, 2.75) is 19.8 Å². The number of fused-ring (bicyclic) bond motifs is 1. The average Bonchev–Trinajstić information content (AvgIpc) is 2.54. The van der Waals surface area contributed by atoms with E-state index in [1.165, 1.54) is 0 Å². The van der Waals surface area contributed by atoms with Gasteiger partial charge in [-0.15, -0.1) is 0 Å². The van der Waals surface area contributed by atoms with E-state index in [9.17, 15) is 4.79 Å². The van der Waals surface area contributed by atoms with Crippen LogP contribution >= 0.6 is 15.9 Å². The van der Waals surface area contributed by atoms with Crippen molar-refractivity contribution in [1.29, 1.82) is 0 Å². The summed E-state index contributed by atoms with van der Waals surface area (Å²) in [4.78, 5) is 25.5. The normalized spacial score (nSPS) is 10.8. The van der Waals surface area contributed by atoms with Crippen LogP contribution in [-0.4, -0.2) is 20.7 Å². The first-order valence-electron chi connectivity index (χ1n) is 7.06. The maximum atomic E-state index is 12.4. The SMILES string of the molecule is CCc1cccc(C(=O)Cc2ccc3ncc(Br)cc3n2)n1. The number of Topliss-reactive ketones (excluding diaryl/α,β-unsaturated/α-hetero) is 1. The topological polar surface area (TPSA) is 55.7 Å². The van der Waals surface area contributed by atoms with Crippen molar-refractivity contribution >= 4 is 32.7 Å². The van der Waals surface area contributed by atoms with Gasteiger partial charge in [0, 0.05) is 22.1 Å². The molecule has 3 aromatic rings. The number of carbonyl (C=O) groups excluding carboxylic acids is 1. The molecule has 0 unspecified atom stereocenters. The number of aryl methyl sites for hydroxylation is 1. The number of nitrogens with zero attached hydrogens (tertiary/aromatic N) is 3. The standard InChI is InChI=1S/C17H14BrN3O/c1-2-12-4-3-5-15(20-12)17(22)9-13-6-7-14-16(21-13)8-11(18)10-19-14/h3-8,10H,2,9H2,1H3. The molecule has 22 heavy (non-hydrogen) atoms. The molecule has 0 atom stereocenters. The Morgan fingerprint density at radius 1 is 1.09 bits per heavy atom. The maximum Gasteiger partial charge on any atom is 0.187 e. The van der Waals surface area contributed by atoms with Gasteiger partial charge in [-0.2, -0.15) is 0 Å². The molecule has 3 aromatic heterocycles. The minimum Gasteiger partial charge on any atom is -0.292 e. The molecule has 0 fully saturated rings. The van der Waals surface area contributed by atoms with E-state index in [-0.39, 0.29) is 12.2 Å². The van der Waals surface area contributed by atoms with E-state index < -0.39 is 0 Å². The van der Waals surface area contributed by atoms with Crippen molar-refractivity contribution < 1.29 is 4.79 Å². The summed E-state index contributed by atoms with van der Waals surface area (Å²) in [6.45, 7) is 2.02. The minimum atomic E-state index is -0.0231. The van der Waals surface area contributed by atoms with Gasteiger partial charge in [-0.05, 0) is 52.7 Å². The van der Waals surface area contributed by atoms with Gasteiger partial charge < -0.3 is 0 Å². The number of aromatic nitrogens is 3. The fourth-order valence-corrected chi connectivity index (χ4v) is 2.53. The van der Waals surface area contributed by atoms with Crippen LogP contribution in [0.25, 0.3) is 11.0 Å². The van der Waals surface area contributed by atoms with E-state index in [0.29, 0.717) is 5.69 Å². The molecule has 0 amide bonds. The highest BCUT2D eigenvalue weighted by molar-refractivity contribution is 9.10. The smallest absolute Gasteiger partial charge is 0.187 e. The molecular formula is C17H14BrN3O. The minimum absolute atomic E-state index is 0.0231. The number of hydrogen-bond acceptors (Lipinski definition) is 4. The summed E-state index contributed by atoms with van der Waals surface area (Å²) in [7, 11) is 0. The maximum absolute atomic E-state index is 12.4. The van der Waals surface area contributed by atoms with E-state index in [1.54, 1.807) is 12.3 Å². The van der Waals surface area contributed by atoms with E-state index in [4.69, 9.17) is 0 Å². The Kier molecular flexibility index (Phi) is 4.24. The van der Waals surface area contributed by atoms with Crippen LogP contribution in [0, 0.1) is 0 Å². The lowest BCUT2D eigenvalue weighted by atomic mass is 10.1. The Balaban J connectivity index is 1.87. The Hall–Kier alpha value is -2.14. The van der Waals surface area contributed by atoms with Crippen LogP contribution in [0.4, 0.5) is 0 Å². The fraction of sp³-hybridized carbons (Fsp3) is 0.176. The second kappa shape index (κ2) is 6.32. The highest BCUT2D eigenvalue weighted by atomic mass is 79.9. The third-order valence-electron chi connectivity index (χ3n) is 3.36. The van der Waals surface area contributed by atoms with Crippen molar-refractivity contribution in [2.24, 2.45) is 0 Å². The van der Waals surface area contributed by atoms with Gasteiger partial charge in [0.05, 0.1) is 17.5 Å². The molecule has 5 heteroatoms. The van der Waals surface area contributed by atoms with Gasteiger partial charge in [-0.3, -0.25) is 14.8 Å². The first kappa shape index (κ1) is 14.8. The predicted molar refractivity (Wildman–Crippen MR) is 88.9 cm³/mol. The Bertz CT molecular complexity index is 848. The van der Waals surface area contributed by atoms with Crippen LogP contribution in [0.1, 0.15) is 28.8 Å². The van der Waals surface area contributed by atoms with E-state index in [2.05, 4.69) is 30.9 Å². The van der Waals surface area contributed by atoms with Gasteiger partial charge in [0.2, 0.25) is 0 Å². The summed E-state index contributed by atoms with van der Waals surface area (Å²) in [6.07, 6.45) is 2.78. The number of pyridine rings is 3. The molecule has 0 saturated carbocycles. The summed E-state index contributed by atoms with van der Waals surface area (Å²) in [6, 6.07) is 11.2. The highest BCUT2D eigenvalue weighted by Crippen LogP contribution is 2.16. The first-order chi connectivity index (χ1) is 10.7. The number of hydrogen-bond donors (Lipinski definition) is 0. The van der Waals surface area contributed by atoms with Gasteiger partial charge in [0.15, 0.2) is 5.78 Å². The third kappa shape index (κ3) is 3.20. The van der Waals surface area contributed by atoms with Gasteiger partial charge in [-0.1, -0.05) is 13.0 Å². The molecule has 0 N–H and O–H groups in total. The van der Waals surface area contributed by atoms with Crippen molar-refractivity contribution in [1.82, 2.24) is 15.0 Å². The molecule has 0 bridgehead atoms. The summed E-state index contributed by atoms with van der Waals surface area (Å²) < 4.78 is 0.869. The second-order valence-corrected chi connectivity index (χ2v) is 5.88. The monoisotopic (exact) mass is 355 g/mol. The van der Waals surface area contributed by atoms with E-state index in [0.717, 1.165) is 33.3 Å². The van der Waals surface area contributed by atoms with Crippen LogP contribution in [0.2, 0.25) is 0 Å². The molecule has 3 heterocycles. The number of carbonyl (C=O) groups is 1. The second-order valence-electron chi connectivity index (χ2n) is 4.96. The van der Waals surface area contributed by atoms with Gasteiger partial charge in [0.1, 0.15) is 5.69 Å². The van der Waals surface area contributed by atoms with Crippen LogP contribution in [0.5, 0.6) is 0 Å². The highest BCUT2D eigenvalue weighted by Gasteiger charge is 2.11. The molecule has 0 aliphatic rings. The summed E-state index contributed by atoms with van der Waals surface area (Å²) in [5.41, 5.74) is 3.72. The molecule has 4 nitrogen and oxygen atoms in total. The Labute approximate surface area is 136 Å². The summed E-state index contributed by atoms with van der Waals surface area (Å²) in [5, 5.41) is 0. The summed E-state index contributed by atoms with van der Waals surface area (Å²) in [5.74, 6) is -0.0231. The largest absolute Gasteiger partial charge is 0.292 e. The van der Waals surface area contributed by atoms with E-state index >= 15 is 0 Å². The lowest BCUT2D eigenvalue weighted by Gasteiger charge is -2.04. The van der Waals surface area contributed by atoms with Gasteiger partial charge >= 0.3 is 0 Å².